The third-order valence-electron chi connectivity index (χ3n) is 6.27. The maximum absolute atomic E-state index is 5.16. The predicted molar refractivity (Wildman–Crippen MR) is 138 cm³/mol. The van der Waals surface area contributed by atoms with Crippen LogP contribution in [0.4, 0.5) is 0 Å². The third-order valence-corrected chi connectivity index (χ3v) is 6.27. The molecule has 4 aromatic carbocycles. The molecule has 0 saturated carbocycles. The van der Waals surface area contributed by atoms with Gasteiger partial charge < -0.3 is 0 Å². The van der Waals surface area contributed by atoms with Gasteiger partial charge >= 0.3 is 0 Å². The standard InChI is InChI=1S/C31H22N2/c1-21-20-32-17-16-26(21)29-12-7-13-30(33-29)31-27(22-8-3-2-4-9-22)15-14-25-18-23-10-5-6-11-24(23)19-28(25)31/h2-20H,1H3. The summed E-state index contributed by atoms with van der Waals surface area (Å²) in [6.45, 7) is 2.08. The van der Waals surface area contributed by atoms with E-state index in [9.17, 15) is 0 Å². The van der Waals surface area contributed by atoms with Crippen LogP contribution in [0.5, 0.6) is 0 Å². The molecule has 6 aromatic rings. The van der Waals surface area contributed by atoms with Crippen molar-refractivity contribution < 1.29 is 0 Å². The first-order chi connectivity index (χ1) is 16.3. The van der Waals surface area contributed by atoms with Crippen LogP contribution in [0, 0.1) is 6.92 Å². The molecule has 0 saturated heterocycles. The largest absolute Gasteiger partial charge is 0.264 e. The van der Waals surface area contributed by atoms with Crippen LogP contribution in [0.15, 0.2) is 116 Å². The number of hydrogen-bond acceptors (Lipinski definition) is 2. The summed E-state index contributed by atoms with van der Waals surface area (Å²) in [6, 6.07) is 36.5. The molecule has 0 aliphatic rings. The van der Waals surface area contributed by atoms with E-state index in [1.165, 1.54) is 32.7 Å². The Labute approximate surface area is 193 Å². The molecular formula is C31H22N2. The highest BCUT2D eigenvalue weighted by Gasteiger charge is 2.15. The molecule has 0 bridgehead atoms. The minimum atomic E-state index is 0.962. The molecule has 0 unspecified atom stereocenters. The fraction of sp³-hybridized carbons (Fsp3) is 0.0323. The normalized spacial score (nSPS) is 11.2. The fourth-order valence-corrected chi connectivity index (χ4v) is 4.63. The van der Waals surface area contributed by atoms with Crippen molar-refractivity contribution in [3.8, 4) is 33.6 Å². The molecule has 156 valence electrons. The monoisotopic (exact) mass is 422 g/mol. The van der Waals surface area contributed by atoms with Crippen LogP contribution >= 0.6 is 0 Å². The zero-order valence-electron chi connectivity index (χ0n) is 18.4. The van der Waals surface area contributed by atoms with Gasteiger partial charge in [-0.25, -0.2) is 4.98 Å². The van der Waals surface area contributed by atoms with E-state index in [4.69, 9.17) is 4.98 Å². The Balaban J connectivity index is 1.67. The second-order valence-corrected chi connectivity index (χ2v) is 8.37. The van der Waals surface area contributed by atoms with Crippen LogP contribution in [0.3, 0.4) is 0 Å². The van der Waals surface area contributed by atoms with Crippen molar-refractivity contribution in [1.82, 2.24) is 9.97 Å². The summed E-state index contributed by atoms with van der Waals surface area (Å²) in [5.41, 5.74) is 7.71. The Morgan fingerprint density at radius 2 is 1.33 bits per heavy atom. The molecule has 2 aromatic heterocycles. The zero-order chi connectivity index (χ0) is 22.2. The van der Waals surface area contributed by atoms with Gasteiger partial charge in [-0.2, -0.15) is 0 Å². The van der Waals surface area contributed by atoms with Gasteiger partial charge in [-0.3, -0.25) is 4.98 Å². The number of rotatable bonds is 3. The number of benzene rings is 4. The summed E-state index contributed by atoms with van der Waals surface area (Å²) in [5, 5.41) is 4.91. The molecule has 0 amide bonds. The molecule has 0 radical (unpaired) electrons. The molecule has 0 N–H and O–H groups in total. The molecule has 0 fully saturated rings. The van der Waals surface area contributed by atoms with Crippen molar-refractivity contribution in [2.45, 2.75) is 6.92 Å². The first-order valence-electron chi connectivity index (χ1n) is 11.2. The van der Waals surface area contributed by atoms with E-state index >= 15 is 0 Å². The van der Waals surface area contributed by atoms with Crippen molar-refractivity contribution in [1.29, 1.82) is 0 Å². The Morgan fingerprint density at radius 1 is 0.576 bits per heavy atom. The van der Waals surface area contributed by atoms with Crippen LogP contribution in [0.1, 0.15) is 5.56 Å². The molecule has 0 aliphatic heterocycles. The third kappa shape index (κ3) is 3.46. The van der Waals surface area contributed by atoms with Crippen molar-refractivity contribution in [2.75, 3.05) is 0 Å². The average Bonchev–Trinajstić information content (AvgIpc) is 2.87. The van der Waals surface area contributed by atoms with Crippen molar-refractivity contribution >= 4 is 21.5 Å². The molecular weight excluding hydrogens is 400 g/mol. The van der Waals surface area contributed by atoms with Crippen LogP contribution in [-0.2, 0) is 0 Å². The van der Waals surface area contributed by atoms with Gasteiger partial charge in [-0.05, 0) is 75.5 Å². The number of fused-ring (bicyclic) bond motifs is 2. The molecule has 0 spiro atoms. The molecule has 0 atom stereocenters. The minimum Gasteiger partial charge on any atom is -0.264 e. The maximum Gasteiger partial charge on any atom is 0.0722 e. The van der Waals surface area contributed by atoms with Crippen molar-refractivity contribution in [2.24, 2.45) is 0 Å². The molecule has 0 aliphatic carbocycles. The van der Waals surface area contributed by atoms with Gasteiger partial charge in [0.05, 0.1) is 11.4 Å². The fourth-order valence-electron chi connectivity index (χ4n) is 4.63. The maximum atomic E-state index is 5.16. The Morgan fingerprint density at radius 3 is 2.15 bits per heavy atom. The van der Waals surface area contributed by atoms with Crippen molar-refractivity contribution in [3.63, 3.8) is 0 Å². The van der Waals surface area contributed by atoms with Gasteiger partial charge in [0.25, 0.3) is 0 Å². The predicted octanol–water partition coefficient (Wildman–Crippen LogP) is 8.09. The Kier molecular flexibility index (Phi) is 4.70. The lowest BCUT2D eigenvalue weighted by molar-refractivity contribution is 1.24. The van der Waals surface area contributed by atoms with E-state index < -0.39 is 0 Å². The van der Waals surface area contributed by atoms with Gasteiger partial charge in [0.2, 0.25) is 0 Å². The molecule has 6 rings (SSSR count). The van der Waals surface area contributed by atoms with E-state index in [2.05, 4.69) is 109 Å². The van der Waals surface area contributed by atoms with Gasteiger partial charge in [-0.15, -0.1) is 0 Å². The zero-order valence-corrected chi connectivity index (χ0v) is 18.4. The highest BCUT2D eigenvalue weighted by molar-refractivity contribution is 6.09. The highest BCUT2D eigenvalue weighted by Crippen LogP contribution is 2.39. The molecule has 33 heavy (non-hydrogen) atoms. The van der Waals surface area contributed by atoms with E-state index in [1.54, 1.807) is 0 Å². The summed E-state index contributed by atoms with van der Waals surface area (Å²) in [6.07, 6.45) is 3.72. The topological polar surface area (TPSA) is 25.8 Å². The van der Waals surface area contributed by atoms with E-state index in [1.807, 2.05) is 18.5 Å². The first-order valence-corrected chi connectivity index (χ1v) is 11.2. The smallest absolute Gasteiger partial charge is 0.0722 e. The van der Waals surface area contributed by atoms with Gasteiger partial charge in [-0.1, -0.05) is 72.8 Å². The van der Waals surface area contributed by atoms with Gasteiger partial charge in [0.1, 0.15) is 0 Å². The summed E-state index contributed by atoms with van der Waals surface area (Å²) in [4.78, 5) is 9.41. The van der Waals surface area contributed by atoms with E-state index in [0.717, 1.165) is 28.1 Å². The van der Waals surface area contributed by atoms with Crippen LogP contribution in [-0.4, -0.2) is 9.97 Å². The number of aromatic nitrogens is 2. The quantitative estimate of drug-likeness (QED) is 0.269. The SMILES string of the molecule is Cc1cnccc1-c1cccc(-c2c(-c3ccccc3)ccc3cc4ccccc4cc23)n1. The Hall–Kier alpha value is -4.30. The minimum absolute atomic E-state index is 0.962. The van der Waals surface area contributed by atoms with E-state index in [-0.39, 0.29) is 0 Å². The van der Waals surface area contributed by atoms with Crippen molar-refractivity contribution in [3.05, 3.63) is 121 Å². The molecule has 2 nitrogen and oxygen atoms in total. The van der Waals surface area contributed by atoms with Crippen LogP contribution in [0.2, 0.25) is 0 Å². The summed E-state index contributed by atoms with van der Waals surface area (Å²) in [7, 11) is 0. The number of aryl methyl sites for hydroxylation is 1. The number of nitrogens with zero attached hydrogens (tertiary/aromatic N) is 2. The first kappa shape index (κ1) is 19.4. The van der Waals surface area contributed by atoms with Crippen LogP contribution in [0.25, 0.3) is 55.2 Å². The lowest BCUT2D eigenvalue weighted by Crippen LogP contribution is -1.94. The van der Waals surface area contributed by atoms with Gasteiger partial charge in [0, 0.05) is 23.5 Å². The van der Waals surface area contributed by atoms with Crippen LogP contribution < -0.4 is 0 Å². The summed E-state index contributed by atoms with van der Waals surface area (Å²) in [5.74, 6) is 0. The average molecular weight is 423 g/mol. The molecule has 2 heterocycles. The van der Waals surface area contributed by atoms with Gasteiger partial charge in [0.15, 0.2) is 0 Å². The number of pyridine rings is 2. The Bertz CT molecular complexity index is 1620. The number of hydrogen-bond donors (Lipinski definition) is 0. The summed E-state index contributed by atoms with van der Waals surface area (Å²) < 4.78 is 0. The lowest BCUT2D eigenvalue weighted by Gasteiger charge is -2.15. The second-order valence-electron chi connectivity index (χ2n) is 8.37. The highest BCUT2D eigenvalue weighted by atomic mass is 14.7. The lowest BCUT2D eigenvalue weighted by atomic mass is 9.90. The summed E-state index contributed by atoms with van der Waals surface area (Å²) >= 11 is 0. The molecule has 2 heteroatoms. The second kappa shape index (κ2) is 7.99. The van der Waals surface area contributed by atoms with E-state index in [0.29, 0.717) is 0 Å².